The van der Waals surface area contributed by atoms with Crippen LogP contribution in [-0.4, -0.2) is 35.4 Å². The molecule has 1 aliphatic rings. The Hall–Kier alpha value is -2.48. The van der Waals surface area contributed by atoms with E-state index in [2.05, 4.69) is 5.32 Å². The number of hydrogen-bond donors (Lipinski definition) is 2. The summed E-state index contributed by atoms with van der Waals surface area (Å²) in [6, 6.07) is 0.903. The normalized spacial score (nSPS) is 13.8. The highest BCUT2D eigenvalue weighted by atomic mass is 19.1. The summed E-state index contributed by atoms with van der Waals surface area (Å²) in [6.45, 7) is 1.78. The molecule has 3 rings (SSSR count). The van der Waals surface area contributed by atoms with Gasteiger partial charge in [-0.1, -0.05) is 0 Å². The molecule has 0 aliphatic heterocycles. The molecule has 1 heterocycles. The average molecular weight is 366 g/mol. The predicted molar refractivity (Wildman–Crippen MR) is 92.5 cm³/mol. The van der Waals surface area contributed by atoms with Crippen molar-refractivity contribution in [1.29, 1.82) is 0 Å². The Morgan fingerprint density at radius 3 is 2.77 bits per heavy atom. The molecule has 0 spiro atoms. The fourth-order valence-corrected chi connectivity index (χ4v) is 2.89. The summed E-state index contributed by atoms with van der Waals surface area (Å²) in [5, 5.41) is 11.3. The monoisotopic (exact) mass is 366 g/mol. The van der Waals surface area contributed by atoms with Gasteiger partial charge in [0.25, 0.3) is 0 Å². The number of aliphatic hydroxyl groups excluding tert-OH is 1. The first-order chi connectivity index (χ1) is 12.5. The molecule has 6 nitrogen and oxygen atoms in total. The van der Waals surface area contributed by atoms with E-state index in [1.165, 1.54) is 10.8 Å². The lowest BCUT2D eigenvalue weighted by atomic mass is 10.1. The predicted octanol–water partition coefficient (Wildman–Crippen LogP) is 2.59. The van der Waals surface area contributed by atoms with Gasteiger partial charge in [-0.05, 0) is 32.3 Å². The van der Waals surface area contributed by atoms with Gasteiger partial charge in [0.1, 0.15) is 17.1 Å². The lowest BCUT2D eigenvalue weighted by Crippen LogP contribution is -2.22. The van der Waals surface area contributed by atoms with Crippen LogP contribution < -0.4 is 10.7 Å². The maximum absolute atomic E-state index is 15.0. The number of hydrogen-bond acceptors (Lipinski definition) is 5. The van der Waals surface area contributed by atoms with Crippen LogP contribution in [0.25, 0.3) is 10.9 Å². The molecule has 0 unspecified atom stereocenters. The fourth-order valence-electron chi connectivity index (χ4n) is 2.89. The number of fused-ring (bicyclic) bond motifs is 1. The van der Waals surface area contributed by atoms with E-state index in [4.69, 9.17) is 9.84 Å². The quantitative estimate of drug-likeness (QED) is 0.582. The molecule has 0 radical (unpaired) electrons. The topological polar surface area (TPSA) is 80.6 Å². The van der Waals surface area contributed by atoms with Crippen molar-refractivity contribution in [3.8, 4) is 0 Å². The lowest BCUT2D eigenvalue weighted by molar-refractivity contribution is 0.0524. The number of aliphatic hydroxyl groups is 1. The molecular weight excluding hydrogens is 346 g/mol. The molecule has 8 heteroatoms. The van der Waals surface area contributed by atoms with Crippen molar-refractivity contribution in [3.05, 3.63) is 39.7 Å². The summed E-state index contributed by atoms with van der Waals surface area (Å²) >= 11 is 0. The number of carbonyl (C=O) groups excluding carboxylic acids is 1. The van der Waals surface area contributed by atoms with Gasteiger partial charge in [-0.2, -0.15) is 0 Å². The summed E-state index contributed by atoms with van der Waals surface area (Å²) in [5.74, 6) is -2.61. The minimum absolute atomic E-state index is 0.0292. The third kappa shape index (κ3) is 3.29. The second-order valence-electron chi connectivity index (χ2n) is 6.18. The van der Waals surface area contributed by atoms with Gasteiger partial charge >= 0.3 is 5.97 Å². The summed E-state index contributed by atoms with van der Waals surface area (Å²) in [7, 11) is 0. The van der Waals surface area contributed by atoms with E-state index in [0.717, 1.165) is 18.9 Å². The largest absolute Gasteiger partial charge is 0.462 e. The van der Waals surface area contributed by atoms with Gasteiger partial charge in [0.2, 0.25) is 5.43 Å². The minimum Gasteiger partial charge on any atom is -0.462 e. The van der Waals surface area contributed by atoms with E-state index in [1.807, 2.05) is 0 Å². The smallest absolute Gasteiger partial charge is 0.343 e. The number of halogens is 2. The van der Waals surface area contributed by atoms with Gasteiger partial charge in [-0.25, -0.2) is 13.6 Å². The molecule has 0 atom stereocenters. The maximum Gasteiger partial charge on any atom is 0.343 e. The van der Waals surface area contributed by atoms with Crippen LogP contribution in [0, 0.1) is 11.6 Å². The van der Waals surface area contributed by atoms with Gasteiger partial charge in [0.15, 0.2) is 5.82 Å². The SMILES string of the molecule is CCOC(=O)c1cn(C2CC2)c2c(F)c(NCCCO)c(F)cc2c1=O. The van der Waals surface area contributed by atoms with Gasteiger partial charge < -0.3 is 19.7 Å². The van der Waals surface area contributed by atoms with Crippen LogP contribution >= 0.6 is 0 Å². The molecule has 1 saturated carbocycles. The molecular formula is C18H20F2N2O4. The molecule has 2 N–H and O–H groups in total. The number of carbonyl (C=O) groups is 1. The number of pyridine rings is 1. The average Bonchev–Trinajstić information content (AvgIpc) is 3.44. The Morgan fingerprint density at radius 2 is 2.15 bits per heavy atom. The Morgan fingerprint density at radius 1 is 1.42 bits per heavy atom. The highest BCUT2D eigenvalue weighted by Gasteiger charge is 2.30. The first-order valence-electron chi connectivity index (χ1n) is 8.58. The van der Waals surface area contributed by atoms with Crippen molar-refractivity contribution in [1.82, 2.24) is 4.57 Å². The molecule has 1 fully saturated rings. The zero-order chi connectivity index (χ0) is 18.8. The van der Waals surface area contributed by atoms with Crippen LogP contribution in [0.15, 0.2) is 17.1 Å². The van der Waals surface area contributed by atoms with Gasteiger partial charge in [-0.3, -0.25) is 4.79 Å². The highest BCUT2D eigenvalue weighted by Crippen LogP contribution is 2.39. The molecule has 1 aliphatic carbocycles. The number of benzene rings is 1. The third-order valence-electron chi connectivity index (χ3n) is 4.28. The Kier molecular flexibility index (Phi) is 5.22. The fraction of sp³-hybridized carbons (Fsp3) is 0.444. The number of ether oxygens (including phenoxy) is 1. The summed E-state index contributed by atoms with van der Waals surface area (Å²) in [5.41, 5.74) is -1.36. The van der Waals surface area contributed by atoms with Crippen LogP contribution in [-0.2, 0) is 4.74 Å². The zero-order valence-corrected chi connectivity index (χ0v) is 14.3. The number of aromatic nitrogens is 1. The number of anilines is 1. The molecule has 0 saturated heterocycles. The Bertz CT molecular complexity index is 906. The zero-order valence-electron chi connectivity index (χ0n) is 14.3. The first-order valence-corrected chi connectivity index (χ1v) is 8.58. The Labute approximate surface area is 148 Å². The third-order valence-corrected chi connectivity index (χ3v) is 4.28. The summed E-state index contributed by atoms with van der Waals surface area (Å²) in [6.07, 6.45) is 3.20. The standard InChI is InChI=1S/C18H20F2N2O4/c1-2-26-18(25)12-9-22(10-4-5-10)16-11(17(12)24)8-13(19)15(14(16)20)21-6-3-7-23/h8-10,21,23H,2-7H2,1H3. The van der Waals surface area contributed by atoms with Gasteiger partial charge in [0, 0.05) is 25.4 Å². The second kappa shape index (κ2) is 7.41. The maximum atomic E-state index is 15.0. The molecule has 140 valence electrons. The van der Waals surface area contributed by atoms with E-state index < -0.39 is 23.0 Å². The number of esters is 1. The van der Waals surface area contributed by atoms with Gasteiger partial charge in [-0.15, -0.1) is 0 Å². The van der Waals surface area contributed by atoms with E-state index in [-0.39, 0.29) is 48.0 Å². The highest BCUT2D eigenvalue weighted by molar-refractivity contribution is 5.95. The summed E-state index contributed by atoms with van der Waals surface area (Å²) in [4.78, 5) is 24.7. The van der Waals surface area contributed by atoms with E-state index in [1.54, 1.807) is 6.92 Å². The Balaban J connectivity index is 2.21. The second-order valence-corrected chi connectivity index (χ2v) is 6.18. The first kappa shape index (κ1) is 18.3. The van der Waals surface area contributed by atoms with Crippen LogP contribution in [0.1, 0.15) is 42.6 Å². The number of rotatable bonds is 7. The van der Waals surface area contributed by atoms with Crippen LogP contribution in [0.3, 0.4) is 0 Å². The van der Waals surface area contributed by atoms with Crippen molar-refractivity contribution in [2.45, 2.75) is 32.2 Å². The van der Waals surface area contributed by atoms with Crippen molar-refractivity contribution >= 4 is 22.6 Å². The van der Waals surface area contributed by atoms with Gasteiger partial charge in [0.05, 0.1) is 17.5 Å². The molecule has 1 aromatic heterocycles. The molecule has 0 bridgehead atoms. The van der Waals surface area contributed by atoms with E-state index in [9.17, 15) is 14.0 Å². The van der Waals surface area contributed by atoms with Crippen LogP contribution in [0.4, 0.5) is 14.5 Å². The van der Waals surface area contributed by atoms with Crippen molar-refractivity contribution in [3.63, 3.8) is 0 Å². The molecule has 0 amide bonds. The molecule has 1 aromatic carbocycles. The van der Waals surface area contributed by atoms with Crippen molar-refractivity contribution in [2.24, 2.45) is 0 Å². The van der Waals surface area contributed by atoms with Crippen LogP contribution in [0.5, 0.6) is 0 Å². The van der Waals surface area contributed by atoms with E-state index in [0.29, 0.717) is 6.42 Å². The number of nitrogens with one attached hydrogen (secondary N) is 1. The molecule has 26 heavy (non-hydrogen) atoms. The number of nitrogens with zero attached hydrogens (tertiary/aromatic N) is 1. The van der Waals surface area contributed by atoms with Crippen LogP contribution in [0.2, 0.25) is 0 Å². The summed E-state index contributed by atoms with van der Waals surface area (Å²) < 4.78 is 35.8. The lowest BCUT2D eigenvalue weighted by Gasteiger charge is -2.16. The van der Waals surface area contributed by atoms with Crippen molar-refractivity contribution < 1.29 is 23.4 Å². The molecule has 2 aromatic rings. The minimum atomic E-state index is -0.923. The van der Waals surface area contributed by atoms with E-state index >= 15 is 4.39 Å². The van der Waals surface area contributed by atoms with Crippen molar-refractivity contribution in [2.75, 3.05) is 25.1 Å².